The Balaban J connectivity index is 1.80. The van der Waals surface area contributed by atoms with Crippen LogP contribution in [0.25, 0.3) is 11.3 Å². The van der Waals surface area contributed by atoms with Crippen LogP contribution in [0.1, 0.15) is 12.5 Å². The lowest BCUT2D eigenvalue weighted by Gasteiger charge is -2.37. The number of halogens is 1. The third-order valence-electron chi connectivity index (χ3n) is 4.04. The van der Waals surface area contributed by atoms with E-state index >= 15 is 0 Å². The Labute approximate surface area is 134 Å². The minimum Gasteiger partial charge on any atom is -0.394 e. The van der Waals surface area contributed by atoms with Crippen molar-refractivity contribution >= 4 is 11.6 Å². The molecule has 22 heavy (non-hydrogen) atoms. The highest BCUT2D eigenvalue weighted by Gasteiger charge is 2.26. The Hall–Kier alpha value is -1.40. The molecule has 0 saturated carbocycles. The Bertz CT molecular complexity index is 631. The zero-order valence-electron chi connectivity index (χ0n) is 12.5. The van der Waals surface area contributed by atoms with Gasteiger partial charge in [-0.2, -0.15) is 5.10 Å². The quantitative estimate of drug-likeness (QED) is 0.907. The van der Waals surface area contributed by atoms with Crippen molar-refractivity contribution in [3.63, 3.8) is 0 Å². The Morgan fingerprint density at radius 1 is 1.50 bits per heavy atom. The van der Waals surface area contributed by atoms with Gasteiger partial charge in [0.05, 0.1) is 31.2 Å². The first-order chi connectivity index (χ1) is 10.7. The van der Waals surface area contributed by atoms with Crippen LogP contribution in [0.2, 0.25) is 5.02 Å². The summed E-state index contributed by atoms with van der Waals surface area (Å²) in [7, 11) is 0. The predicted octanol–water partition coefficient (Wildman–Crippen LogP) is 2.31. The van der Waals surface area contributed by atoms with Crippen LogP contribution in [0, 0.1) is 0 Å². The van der Waals surface area contributed by atoms with Crippen LogP contribution in [0.3, 0.4) is 0 Å². The van der Waals surface area contributed by atoms with Gasteiger partial charge in [-0.05, 0) is 19.1 Å². The van der Waals surface area contributed by atoms with Crippen LogP contribution in [0.5, 0.6) is 0 Å². The van der Waals surface area contributed by atoms with Crippen molar-refractivity contribution in [1.29, 1.82) is 0 Å². The molecule has 0 spiro atoms. The van der Waals surface area contributed by atoms with E-state index < -0.39 is 0 Å². The monoisotopic (exact) mass is 321 g/mol. The summed E-state index contributed by atoms with van der Waals surface area (Å²) in [5, 5.41) is 17.3. The van der Waals surface area contributed by atoms with Gasteiger partial charge in [0.15, 0.2) is 0 Å². The van der Waals surface area contributed by atoms with Crippen molar-refractivity contribution in [2.75, 3.05) is 19.8 Å². The van der Waals surface area contributed by atoms with Crippen molar-refractivity contribution in [3.8, 4) is 11.3 Å². The fraction of sp³-hybridized carbons (Fsp3) is 0.438. The number of aliphatic hydroxyl groups excluding tert-OH is 1. The van der Waals surface area contributed by atoms with Gasteiger partial charge in [-0.15, -0.1) is 0 Å². The lowest BCUT2D eigenvalue weighted by atomic mass is 10.1. The number of hydrogen-bond donors (Lipinski definition) is 2. The number of aliphatic hydroxyl groups is 1. The van der Waals surface area contributed by atoms with E-state index in [1.165, 1.54) is 0 Å². The number of nitrogens with one attached hydrogen (secondary N) is 1. The third kappa shape index (κ3) is 3.33. The van der Waals surface area contributed by atoms with Gasteiger partial charge in [0, 0.05) is 35.3 Å². The van der Waals surface area contributed by atoms with Gasteiger partial charge in [0.25, 0.3) is 0 Å². The maximum absolute atomic E-state index is 9.30. The molecule has 5 nitrogen and oxygen atoms in total. The van der Waals surface area contributed by atoms with Crippen LogP contribution in [0.4, 0.5) is 0 Å². The summed E-state index contributed by atoms with van der Waals surface area (Å²) in [6, 6.07) is 8.04. The molecule has 1 aromatic heterocycles. The lowest BCUT2D eigenvalue weighted by Crippen LogP contribution is -2.48. The minimum absolute atomic E-state index is 0.0513. The highest BCUT2D eigenvalue weighted by molar-refractivity contribution is 6.30. The molecule has 3 rings (SSSR count). The van der Waals surface area contributed by atoms with Gasteiger partial charge in [-0.3, -0.25) is 10.00 Å². The van der Waals surface area contributed by atoms with Crippen molar-refractivity contribution in [2.45, 2.75) is 25.6 Å². The topological polar surface area (TPSA) is 61.4 Å². The number of ether oxygens (including phenoxy) is 1. The second-order valence-corrected chi connectivity index (χ2v) is 6.13. The first-order valence-corrected chi connectivity index (χ1v) is 7.80. The van der Waals surface area contributed by atoms with Crippen molar-refractivity contribution in [2.24, 2.45) is 0 Å². The number of rotatable bonds is 4. The number of morpholine rings is 1. The van der Waals surface area contributed by atoms with Crippen molar-refractivity contribution < 1.29 is 9.84 Å². The molecule has 1 fully saturated rings. The molecule has 0 aliphatic carbocycles. The molecule has 118 valence electrons. The molecule has 6 heteroatoms. The van der Waals surface area contributed by atoms with E-state index in [-0.39, 0.29) is 12.7 Å². The summed E-state index contributed by atoms with van der Waals surface area (Å²) in [4.78, 5) is 2.31. The van der Waals surface area contributed by atoms with Crippen LogP contribution < -0.4 is 0 Å². The molecule has 2 aromatic rings. The third-order valence-corrected chi connectivity index (χ3v) is 4.28. The highest BCUT2D eigenvalue weighted by atomic mass is 35.5. The van der Waals surface area contributed by atoms with Crippen LogP contribution in [-0.2, 0) is 11.3 Å². The highest BCUT2D eigenvalue weighted by Crippen LogP contribution is 2.26. The van der Waals surface area contributed by atoms with Gasteiger partial charge in [-0.1, -0.05) is 23.7 Å². The molecular weight excluding hydrogens is 302 g/mol. The van der Waals surface area contributed by atoms with Gasteiger partial charge in [0.1, 0.15) is 0 Å². The van der Waals surface area contributed by atoms with Crippen molar-refractivity contribution in [1.82, 2.24) is 15.1 Å². The SMILES string of the molecule is C[C@@H]1CO[C@H](CO)CN1Cc1cn[nH]c1-c1cccc(Cl)c1. The molecule has 0 amide bonds. The smallest absolute Gasteiger partial charge is 0.0933 e. The number of nitrogens with zero attached hydrogens (tertiary/aromatic N) is 2. The standard InChI is InChI=1S/C16H20ClN3O2/c1-11-10-22-15(9-21)8-20(11)7-13-6-18-19-16(13)12-3-2-4-14(17)5-12/h2-6,11,15,21H,7-10H2,1H3,(H,18,19)/t11-,15+/m1/s1. The molecule has 1 aliphatic heterocycles. The van der Waals surface area contributed by atoms with E-state index in [1.807, 2.05) is 30.5 Å². The molecule has 2 N–H and O–H groups in total. The largest absolute Gasteiger partial charge is 0.394 e. The number of hydrogen-bond acceptors (Lipinski definition) is 4. The molecule has 2 heterocycles. The number of benzene rings is 1. The zero-order chi connectivity index (χ0) is 15.5. The molecule has 0 unspecified atom stereocenters. The van der Waals surface area contributed by atoms with E-state index in [2.05, 4.69) is 22.0 Å². The molecular formula is C16H20ClN3O2. The van der Waals surface area contributed by atoms with E-state index in [0.29, 0.717) is 17.7 Å². The molecule has 1 aromatic carbocycles. The summed E-state index contributed by atoms with van der Waals surface area (Å²) in [6.45, 7) is 4.30. The number of aromatic amines is 1. The first kappa shape index (κ1) is 15.5. The van der Waals surface area contributed by atoms with Crippen LogP contribution in [0.15, 0.2) is 30.5 Å². The second-order valence-electron chi connectivity index (χ2n) is 5.70. The molecule has 2 atom stereocenters. The van der Waals surface area contributed by atoms with Gasteiger partial charge in [0.2, 0.25) is 0 Å². The van der Waals surface area contributed by atoms with E-state index in [0.717, 1.165) is 29.9 Å². The van der Waals surface area contributed by atoms with Crippen LogP contribution in [-0.4, -0.2) is 52.1 Å². The second kappa shape index (κ2) is 6.79. The van der Waals surface area contributed by atoms with Gasteiger partial charge < -0.3 is 9.84 Å². The predicted molar refractivity (Wildman–Crippen MR) is 85.7 cm³/mol. The molecule has 1 saturated heterocycles. The minimum atomic E-state index is -0.113. The summed E-state index contributed by atoms with van der Waals surface area (Å²) >= 11 is 6.08. The zero-order valence-corrected chi connectivity index (χ0v) is 13.3. The normalized spacial score (nSPS) is 22.9. The maximum atomic E-state index is 9.30. The molecule has 0 bridgehead atoms. The summed E-state index contributed by atoms with van der Waals surface area (Å²) < 4.78 is 5.59. The molecule has 1 aliphatic rings. The first-order valence-electron chi connectivity index (χ1n) is 7.42. The maximum Gasteiger partial charge on any atom is 0.0933 e. The fourth-order valence-corrected chi connectivity index (χ4v) is 2.94. The Morgan fingerprint density at radius 3 is 3.14 bits per heavy atom. The Morgan fingerprint density at radius 2 is 2.36 bits per heavy atom. The molecule has 0 radical (unpaired) electrons. The summed E-state index contributed by atoms with van der Waals surface area (Å²) in [6.07, 6.45) is 1.74. The summed E-state index contributed by atoms with van der Waals surface area (Å²) in [5.41, 5.74) is 3.13. The van der Waals surface area contributed by atoms with Crippen LogP contribution >= 0.6 is 11.6 Å². The number of H-pyrrole nitrogens is 1. The number of aromatic nitrogens is 2. The average Bonchev–Trinajstić information content (AvgIpc) is 2.97. The Kier molecular flexibility index (Phi) is 4.78. The van der Waals surface area contributed by atoms with E-state index in [1.54, 1.807) is 0 Å². The average molecular weight is 322 g/mol. The van der Waals surface area contributed by atoms with E-state index in [9.17, 15) is 5.11 Å². The lowest BCUT2D eigenvalue weighted by molar-refractivity contribution is -0.0805. The van der Waals surface area contributed by atoms with Gasteiger partial charge >= 0.3 is 0 Å². The fourth-order valence-electron chi connectivity index (χ4n) is 2.75. The summed E-state index contributed by atoms with van der Waals surface area (Å²) in [5.74, 6) is 0. The van der Waals surface area contributed by atoms with Crippen molar-refractivity contribution in [3.05, 3.63) is 41.0 Å². The van der Waals surface area contributed by atoms with E-state index in [4.69, 9.17) is 16.3 Å². The van der Waals surface area contributed by atoms with Gasteiger partial charge in [-0.25, -0.2) is 0 Å².